The Morgan fingerprint density at radius 2 is 1.90 bits per heavy atom. The second-order valence-corrected chi connectivity index (χ2v) is 11.1. The molecule has 1 aliphatic rings. The number of halogens is 2. The number of nitrogens with zero attached hydrogens (tertiary/aromatic N) is 4. The van der Waals surface area contributed by atoms with Crippen LogP contribution in [-0.4, -0.2) is 45.5 Å². The number of hydrogen-bond acceptors (Lipinski definition) is 6. The van der Waals surface area contributed by atoms with Crippen molar-refractivity contribution in [3.8, 4) is 11.4 Å². The van der Waals surface area contributed by atoms with Gasteiger partial charge >= 0.3 is 0 Å². The van der Waals surface area contributed by atoms with Crippen molar-refractivity contribution in [1.82, 2.24) is 20.1 Å². The minimum Gasteiger partial charge on any atom is -0.482 e. The molecule has 3 aromatic carbocycles. The Kier molecular flexibility index (Phi) is 8.94. The number of aromatic nitrogens is 3. The highest BCUT2D eigenvalue weighted by Crippen LogP contribution is 2.29. The maximum absolute atomic E-state index is 13.2. The summed E-state index contributed by atoms with van der Waals surface area (Å²) in [5.74, 6) is 0.771. The van der Waals surface area contributed by atoms with Gasteiger partial charge in [0.15, 0.2) is 17.6 Å². The Morgan fingerprint density at radius 3 is 2.73 bits per heavy atom. The second-order valence-electron chi connectivity index (χ2n) is 9.28. The number of ether oxygens (including phenoxy) is 1. The fraction of sp³-hybridized carbons (Fsp3) is 0.241. The Balaban J connectivity index is 1.28. The van der Waals surface area contributed by atoms with Gasteiger partial charge in [0.2, 0.25) is 5.91 Å². The number of rotatable bonds is 9. The third kappa shape index (κ3) is 6.60. The van der Waals surface area contributed by atoms with E-state index >= 15 is 0 Å². The zero-order valence-electron chi connectivity index (χ0n) is 21.8. The molecule has 0 bridgehead atoms. The van der Waals surface area contributed by atoms with Gasteiger partial charge in [-0.05, 0) is 67.3 Å². The minimum absolute atomic E-state index is 0.0174. The Hall–Kier alpha value is -3.53. The van der Waals surface area contributed by atoms with E-state index in [1.807, 2.05) is 58.9 Å². The summed E-state index contributed by atoms with van der Waals surface area (Å²) in [4.78, 5) is 27.7. The van der Waals surface area contributed by atoms with E-state index in [9.17, 15) is 9.59 Å². The van der Waals surface area contributed by atoms with E-state index in [1.54, 1.807) is 18.2 Å². The van der Waals surface area contributed by atoms with Crippen LogP contribution in [0.3, 0.4) is 0 Å². The van der Waals surface area contributed by atoms with E-state index in [-0.39, 0.29) is 30.7 Å². The third-order valence-corrected chi connectivity index (χ3v) is 7.84. The lowest BCUT2D eigenvalue weighted by atomic mass is 10.0. The number of carbonyl (C=O) groups is 2. The number of fused-ring (bicyclic) bond motifs is 1. The molecule has 0 radical (unpaired) electrons. The van der Waals surface area contributed by atoms with Gasteiger partial charge in [0.1, 0.15) is 5.75 Å². The number of benzene rings is 3. The largest absolute Gasteiger partial charge is 0.482 e. The molecule has 4 aromatic rings. The van der Waals surface area contributed by atoms with Gasteiger partial charge in [-0.1, -0.05) is 65.3 Å². The van der Waals surface area contributed by atoms with Crippen LogP contribution in [0.25, 0.3) is 5.69 Å². The topological polar surface area (TPSA) is 89.4 Å². The first kappa shape index (κ1) is 28.0. The highest BCUT2D eigenvalue weighted by atomic mass is 35.5. The van der Waals surface area contributed by atoms with Crippen molar-refractivity contribution >= 4 is 52.5 Å². The lowest BCUT2D eigenvalue weighted by Crippen LogP contribution is -2.36. The van der Waals surface area contributed by atoms with Gasteiger partial charge in [0, 0.05) is 22.9 Å². The van der Waals surface area contributed by atoms with Crippen molar-refractivity contribution in [2.45, 2.75) is 31.5 Å². The summed E-state index contributed by atoms with van der Waals surface area (Å²) in [6.07, 6.45) is 1.91. The van der Waals surface area contributed by atoms with Gasteiger partial charge in [-0.25, -0.2) is 0 Å². The molecule has 1 aliphatic heterocycles. The van der Waals surface area contributed by atoms with Crippen molar-refractivity contribution < 1.29 is 14.3 Å². The van der Waals surface area contributed by atoms with E-state index in [2.05, 4.69) is 21.6 Å². The average Bonchev–Trinajstić information content (AvgIpc) is 3.36. The van der Waals surface area contributed by atoms with Crippen LogP contribution >= 0.6 is 35.0 Å². The number of para-hydroxylation sites is 1. The van der Waals surface area contributed by atoms with Crippen molar-refractivity contribution in [3.63, 3.8) is 0 Å². The molecular formula is C29H27Cl2N5O3S. The first-order chi connectivity index (χ1) is 19.4. The first-order valence-electron chi connectivity index (χ1n) is 12.8. The molecule has 8 nitrogen and oxygen atoms in total. The number of anilines is 1. The molecule has 40 heavy (non-hydrogen) atoms. The van der Waals surface area contributed by atoms with Crippen LogP contribution in [0.2, 0.25) is 10.0 Å². The number of amides is 2. The highest BCUT2D eigenvalue weighted by Gasteiger charge is 2.24. The maximum atomic E-state index is 13.2. The van der Waals surface area contributed by atoms with Gasteiger partial charge in [-0.2, -0.15) is 0 Å². The van der Waals surface area contributed by atoms with Crippen LogP contribution in [0.4, 0.5) is 5.69 Å². The predicted octanol–water partition coefficient (Wildman–Crippen LogP) is 5.65. The standard InChI is InChI=1S/C29H27Cl2N5O3S/c1-19-6-4-9-22(14-19)36-26(16-32-27(37)17-39-25-12-11-21(30)15-23(25)31)33-34-29(36)40-18-28(38)35-13-5-8-20-7-2-3-10-24(20)35/h2-4,6-7,9-12,14-15H,5,8,13,16-18H2,1H3,(H,32,37). The van der Waals surface area contributed by atoms with Crippen LogP contribution < -0.4 is 15.0 Å². The number of hydrogen-bond donors (Lipinski definition) is 1. The van der Waals surface area contributed by atoms with Crippen LogP contribution in [0.1, 0.15) is 23.4 Å². The number of thioether (sulfide) groups is 1. The second kappa shape index (κ2) is 12.8. The molecule has 2 amide bonds. The smallest absolute Gasteiger partial charge is 0.258 e. The summed E-state index contributed by atoms with van der Waals surface area (Å²) in [7, 11) is 0. The van der Waals surface area contributed by atoms with Gasteiger partial charge < -0.3 is 15.0 Å². The summed E-state index contributed by atoms with van der Waals surface area (Å²) in [6.45, 7) is 2.58. The molecule has 0 unspecified atom stereocenters. The van der Waals surface area contributed by atoms with Crippen molar-refractivity contribution in [2.24, 2.45) is 0 Å². The summed E-state index contributed by atoms with van der Waals surface area (Å²) >= 11 is 13.4. The van der Waals surface area contributed by atoms with Gasteiger partial charge in [0.25, 0.3) is 5.91 Å². The third-order valence-electron chi connectivity index (χ3n) is 6.39. The fourth-order valence-electron chi connectivity index (χ4n) is 4.50. The Bertz CT molecular complexity index is 1540. The quantitative estimate of drug-likeness (QED) is 0.251. The SMILES string of the molecule is Cc1cccc(-n2c(CNC(=O)COc3ccc(Cl)cc3Cl)nnc2SCC(=O)N2CCCc3ccccc32)c1. The van der Waals surface area contributed by atoms with Crippen LogP contribution in [0, 0.1) is 6.92 Å². The number of nitrogens with one attached hydrogen (secondary N) is 1. The van der Waals surface area contributed by atoms with Gasteiger partial charge in [-0.3, -0.25) is 14.2 Å². The van der Waals surface area contributed by atoms with E-state index in [0.29, 0.717) is 33.3 Å². The monoisotopic (exact) mass is 595 g/mol. The van der Waals surface area contributed by atoms with Crippen molar-refractivity contribution in [3.05, 3.63) is 93.7 Å². The molecule has 206 valence electrons. The zero-order valence-corrected chi connectivity index (χ0v) is 24.1. The molecule has 11 heteroatoms. The molecule has 0 saturated carbocycles. The van der Waals surface area contributed by atoms with E-state index in [1.165, 1.54) is 17.3 Å². The molecule has 1 aromatic heterocycles. The van der Waals surface area contributed by atoms with Crippen molar-refractivity contribution in [1.29, 1.82) is 0 Å². The Morgan fingerprint density at radius 1 is 1.05 bits per heavy atom. The normalized spacial score (nSPS) is 12.6. The van der Waals surface area contributed by atoms with E-state index < -0.39 is 0 Å². The molecule has 1 N–H and O–H groups in total. The average molecular weight is 597 g/mol. The lowest BCUT2D eigenvalue weighted by Gasteiger charge is -2.29. The molecule has 2 heterocycles. The molecular weight excluding hydrogens is 569 g/mol. The summed E-state index contributed by atoms with van der Waals surface area (Å²) in [6, 6.07) is 20.7. The van der Waals surface area contributed by atoms with Crippen LogP contribution in [0.5, 0.6) is 5.75 Å². The van der Waals surface area contributed by atoms with Crippen LogP contribution in [0.15, 0.2) is 71.9 Å². The Labute approximate surface area is 246 Å². The molecule has 0 saturated heterocycles. The highest BCUT2D eigenvalue weighted by molar-refractivity contribution is 7.99. The lowest BCUT2D eigenvalue weighted by molar-refractivity contribution is -0.123. The summed E-state index contributed by atoms with van der Waals surface area (Å²) in [5.41, 5.74) is 4.07. The van der Waals surface area contributed by atoms with E-state index in [0.717, 1.165) is 29.8 Å². The molecule has 0 fully saturated rings. The maximum Gasteiger partial charge on any atom is 0.258 e. The zero-order chi connectivity index (χ0) is 28.1. The first-order valence-corrected chi connectivity index (χ1v) is 14.5. The van der Waals surface area contributed by atoms with Gasteiger partial charge in [-0.15, -0.1) is 10.2 Å². The summed E-state index contributed by atoms with van der Waals surface area (Å²) in [5, 5.41) is 12.9. The molecule has 0 spiro atoms. The molecule has 5 rings (SSSR count). The van der Waals surface area contributed by atoms with E-state index in [4.69, 9.17) is 27.9 Å². The summed E-state index contributed by atoms with van der Waals surface area (Å²) < 4.78 is 7.40. The minimum atomic E-state index is -0.349. The molecule has 0 aliphatic carbocycles. The van der Waals surface area contributed by atoms with Gasteiger partial charge in [0.05, 0.1) is 17.3 Å². The fourth-order valence-corrected chi connectivity index (χ4v) is 5.81. The van der Waals surface area contributed by atoms with Crippen molar-refractivity contribution in [2.75, 3.05) is 23.8 Å². The number of aryl methyl sites for hydroxylation is 2. The van der Waals surface area contributed by atoms with Crippen LogP contribution in [-0.2, 0) is 22.6 Å². The molecule has 0 atom stereocenters. The number of carbonyl (C=O) groups excluding carboxylic acids is 2. The predicted molar refractivity (Wildman–Crippen MR) is 158 cm³/mol.